The molecule has 31 heavy (non-hydrogen) atoms. The molecule has 0 aromatic carbocycles. The number of imidazole rings is 1. The van der Waals surface area contributed by atoms with Crippen molar-refractivity contribution in [2.75, 3.05) is 12.4 Å². The van der Waals surface area contributed by atoms with Gasteiger partial charge >= 0.3 is 5.69 Å². The Morgan fingerprint density at radius 3 is 2.87 bits per heavy atom. The molecule has 0 radical (unpaired) electrons. The Morgan fingerprint density at radius 2 is 2.13 bits per heavy atom. The topological polar surface area (TPSA) is 74.0 Å². The molecule has 3 aromatic heterocycles. The van der Waals surface area contributed by atoms with Gasteiger partial charge in [-0.3, -0.25) is 9.13 Å². The summed E-state index contributed by atoms with van der Waals surface area (Å²) in [6, 6.07) is 8.55. The minimum Gasteiger partial charge on any atom is -0.481 e. The number of aryl methyl sites for hydroxylation is 3. The van der Waals surface area contributed by atoms with Crippen LogP contribution in [0, 0.1) is 0 Å². The van der Waals surface area contributed by atoms with E-state index in [-0.39, 0.29) is 11.7 Å². The molecule has 0 bridgehead atoms. The predicted octanol–water partition coefficient (Wildman–Crippen LogP) is 3.83. The number of hydrogen-bond donors (Lipinski definition) is 1. The Labute approximate surface area is 183 Å². The van der Waals surface area contributed by atoms with Gasteiger partial charge in [0.25, 0.3) is 0 Å². The summed E-state index contributed by atoms with van der Waals surface area (Å²) < 4.78 is 8.73. The molecule has 2 unspecified atom stereocenters. The second kappa shape index (κ2) is 9.37. The van der Waals surface area contributed by atoms with E-state index in [9.17, 15) is 4.79 Å². The molecule has 0 aliphatic carbocycles. The molecule has 0 amide bonds. The summed E-state index contributed by atoms with van der Waals surface area (Å²) in [5, 5.41) is 3.48. The lowest BCUT2D eigenvalue weighted by Crippen LogP contribution is -2.28. The fourth-order valence-corrected chi connectivity index (χ4v) is 4.24. The molecular weight excluding hydrogens is 390 g/mol. The van der Waals surface area contributed by atoms with Crippen molar-refractivity contribution in [2.45, 2.75) is 64.6 Å². The first-order valence-corrected chi connectivity index (χ1v) is 11.1. The van der Waals surface area contributed by atoms with E-state index in [4.69, 9.17) is 9.72 Å². The van der Waals surface area contributed by atoms with Crippen LogP contribution >= 0.6 is 0 Å². The first-order chi connectivity index (χ1) is 15.1. The maximum absolute atomic E-state index is 13.0. The third kappa shape index (κ3) is 4.65. The van der Waals surface area contributed by atoms with Crippen molar-refractivity contribution in [2.24, 2.45) is 0 Å². The second-order valence-electron chi connectivity index (χ2n) is 8.24. The van der Waals surface area contributed by atoms with Crippen LogP contribution in [0.4, 0.5) is 5.82 Å². The minimum atomic E-state index is -0.0393. The quantitative estimate of drug-likeness (QED) is 0.598. The number of rotatable bonds is 8. The number of hydrogen-bond acceptors (Lipinski definition) is 5. The number of anilines is 1. The van der Waals surface area contributed by atoms with Gasteiger partial charge in [-0.1, -0.05) is 19.1 Å². The van der Waals surface area contributed by atoms with E-state index in [1.165, 1.54) is 5.56 Å². The van der Waals surface area contributed by atoms with Crippen LogP contribution in [-0.2, 0) is 19.4 Å². The van der Waals surface area contributed by atoms with Crippen LogP contribution in [0.3, 0.4) is 0 Å². The van der Waals surface area contributed by atoms with Crippen molar-refractivity contribution in [1.82, 2.24) is 19.1 Å². The molecule has 1 aliphatic rings. The van der Waals surface area contributed by atoms with Gasteiger partial charge in [0.15, 0.2) is 0 Å². The van der Waals surface area contributed by atoms with E-state index in [1.807, 2.05) is 24.5 Å². The van der Waals surface area contributed by atoms with E-state index in [1.54, 1.807) is 22.4 Å². The standard InChI is InChI=1S/C24H31N5O2/c1-4-21(19-10-12-22(31-3)25-16-19)29-15-14-28(24(29)30)13-5-6-20-11-9-18-8-7-17(2)26-23(18)27-20/h9-12,14-17,21H,4-8,13H2,1-3H3,(H,26,27). The smallest absolute Gasteiger partial charge is 0.328 e. The molecule has 4 heterocycles. The van der Waals surface area contributed by atoms with Crippen LogP contribution in [0.1, 0.15) is 56.0 Å². The third-order valence-corrected chi connectivity index (χ3v) is 6.05. The van der Waals surface area contributed by atoms with Crippen LogP contribution in [0.15, 0.2) is 47.7 Å². The third-order valence-electron chi connectivity index (χ3n) is 6.05. The largest absolute Gasteiger partial charge is 0.481 e. The number of fused-ring (bicyclic) bond motifs is 1. The molecule has 1 aliphatic heterocycles. The lowest BCUT2D eigenvalue weighted by Gasteiger charge is -2.23. The van der Waals surface area contributed by atoms with E-state index in [2.05, 4.69) is 36.3 Å². The molecule has 7 nitrogen and oxygen atoms in total. The first-order valence-electron chi connectivity index (χ1n) is 11.1. The first kappa shape index (κ1) is 21.2. The number of nitrogens with one attached hydrogen (secondary N) is 1. The number of pyridine rings is 2. The SMILES string of the molecule is CCC(c1ccc(OC)nc1)n1ccn(CCCc2ccc3c(n2)NC(C)CC3)c1=O. The monoisotopic (exact) mass is 421 g/mol. The molecular formula is C24H31N5O2. The molecule has 7 heteroatoms. The molecule has 164 valence electrons. The number of ether oxygens (including phenoxy) is 1. The zero-order valence-corrected chi connectivity index (χ0v) is 18.5. The molecule has 0 spiro atoms. The van der Waals surface area contributed by atoms with E-state index in [0.717, 1.165) is 49.2 Å². The number of methoxy groups -OCH3 is 1. The molecule has 0 saturated carbocycles. The van der Waals surface area contributed by atoms with Gasteiger partial charge in [0.2, 0.25) is 5.88 Å². The molecule has 0 saturated heterocycles. The Balaban J connectivity index is 1.41. The van der Waals surface area contributed by atoms with Gasteiger partial charge < -0.3 is 10.1 Å². The lowest BCUT2D eigenvalue weighted by molar-refractivity contribution is 0.397. The highest BCUT2D eigenvalue weighted by atomic mass is 16.5. The highest BCUT2D eigenvalue weighted by Crippen LogP contribution is 2.24. The van der Waals surface area contributed by atoms with Crippen molar-refractivity contribution in [3.05, 3.63) is 70.2 Å². The zero-order valence-electron chi connectivity index (χ0n) is 18.5. The zero-order chi connectivity index (χ0) is 21.8. The van der Waals surface area contributed by atoms with Crippen molar-refractivity contribution >= 4 is 5.82 Å². The summed E-state index contributed by atoms with van der Waals surface area (Å²) in [5.41, 5.74) is 3.39. The Morgan fingerprint density at radius 1 is 1.26 bits per heavy atom. The van der Waals surface area contributed by atoms with Gasteiger partial charge in [0, 0.05) is 42.9 Å². The van der Waals surface area contributed by atoms with Crippen molar-refractivity contribution < 1.29 is 4.74 Å². The average molecular weight is 422 g/mol. The molecule has 2 atom stereocenters. The fourth-order valence-electron chi connectivity index (χ4n) is 4.24. The summed E-state index contributed by atoms with van der Waals surface area (Å²) in [4.78, 5) is 22.1. The molecule has 3 aromatic rings. The van der Waals surface area contributed by atoms with Gasteiger partial charge in [-0.2, -0.15) is 0 Å². The van der Waals surface area contributed by atoms with Crippen molar-refractivity contribution in [3.8, 4) is 5.88 Å². The van der Waals surface area contributed by atoms with Gasteiger partial charge in [0.1, 0.15) is 5.82 Å². The second-order valence-corrected chi connectivity index (χ2v) is 8.24. The number of aromatic nitrogens is 4. The fraction of sp³-hybridized carbons (Fsp3) is 0.458. The summed E-state index contributed by atoms with van der Waals surface area (Å²) >= 11 is 0. The summed E-state index contributed by atoms with van der Waals surface area (Å²) in [6.07, 6.45) is 10.3. The summed E-state index contributed by atoms with van der Waals surface area (Å²) in [6.45, 7) is 4.95. The molecule has 1 N–H and O–H groups in total. The Bertz CT molecular complexity index is 1070. The Hall–Kier alpha value is -3.09. The molecule has 4 rings (SSSR count). The van der Waals surface area contributed by atoms with Crippen LogP contribution < -0.4 is 15.7 Å². The minimum absolute atomic E-state index is 0.0107. The van der Waals surface area contributed by atoms with E-state index < -0.39 is 0 Å². The van der Waals surface area contributed by atoms with Crippen molar-refractivity contribution in [3.63, 3.8) is 0 Å². The van der Waals surface area contributed by atoms with Crippen LogP contribution in [0.25, 0.3) is 0 Å². The van der Waals surface area contributed by atoms with Gasteiger partial charge in [-0.15, -0.1) is 0 Å². The van der Waals surface area contributed by atoms with Gasteiger partial charge in [0.05, 0.1) is 13.2 Å². The lowest BCUT2D eigenvalue weighted by atomic mass is 10.0. The predicted molar refractivity (Wildman–Crippen MR) is 122 cm³/mol. The van der Waals surface area contributed by atoms with Gasteiger partial charge in [-0.25, -0.2) is 14.8 Å². The van der Waals surface area contributed by atoms with Crippen LogP contribution in [0.5, 0.6) is 5.88 Å². The normalized spacial score (nSPS) is 16.4. The summed E-state index contributed by atoms with van der Waals surface area (Å²) in [7, 11) is 1.60. The van der Waals surface area contributed by atoms with Crippen molar-refractivity contribution in [1.29, 1.82) is 0 Å². The van der Waals surface area contributed by atoms with Crippen LogP contribution in [0.2, 0.25) is 0 Å². The maximum Gasteiger partial charge on any atom is 0.328 e. The summed E-state index contributed by atoms with van der Waals surface area (Å²) in [5.74, 6) is 1.60. The average Bonchev–Trinajstić information content (AvgIpc) is 3.15. The Kier molecular flexibility index (Phi) is 6.39. The molecule has 0 fully saturated rings. The van der Waals surface area contributed by atoms with Gasteiger partial charge in [-0.05, 0) is 56.2 Å². The maximum atomic E-state index is 13.0. The van der Waals surface area contributed by atoms with E-state index >= 15 is 0 Å². The number of nitrogens with zero attached hydrogens (tertiary/aromatic N) is 4. The highest BCUT2D eigenvalue weighted by molar-refractivity contribution is 5.48. The van der Waals surface area contributed by atoms with E-state index in [0.29, 0.717) is 18.5 Å². The highest BCUT2D eigenvalue weighted by Gasteiger charge is 2.17. The van der Waals surface area contributed by atoms with Crippen LogP contribution in [-0.4, -0.2) is 32.3 Å².